The standard InChI is InChI=1S/C31H47NO8/c1-4-6-9-15-28(33)39-26-18-17-23(20-27(26)40-29(34)16-10-7-5-2)19-25(30(35)36)32-21-22(3)38-31(37)24-13-11-8-12-14-24/h17-18,20,22,24-25,32H,4-16,19,21H2,1-3H3,(H,35,36)/t22?,25-/m0/s1. The van der Waals surface area contributed by atoms with Gasteiger partial charge >= 0.3 is 23.9 Å². The number of unbranched alkanes of at least 4 members (excludes halogenated alkanes) is 4. The highest BCUT2D eigenvalue weighted by molar-refractivity contribution is 5.77. The highest BCUT2D eigenvalue weighted by Crippen LogP contribution is 2.30. The molecule has 0 aliphatic heterocycles. The molecule has 9 nitrogen and oxygen atoms in total. The first kappa shape index (κ1) is 33.3. The molecular weight excluding hydrogens is 514 g/mol. The van der Waals surface area contributed by atoms with Gasteiger partial charge in [0, 0.05) is 19.4 Å². The van der Waals surface area contributed by atoms with Crippen molar-refractivity contribution in [2.75, 3.05) is 6.54 Å². The van der Waals surface area contributed by atoms with Crippen LogP contribution in [0.3, 0.4) is 0 Å². The summed E-state index contributed by atoms with van der Waals surface area (Å²) in [5.41, 5.74) is 0.592. The van der Waals surface area contributed by atoms with Gasteiger partial charge in [-0.05, 0) is 56.7 Å². The zero-order valence-corrected chi connectivity index (χ0v) is 24.4. The Bertz CT molecular complexity index is 957. The molecule has 224 valence electrons. The summed E-state index contributed by atoms with van der Waals surface area (Å²) in [4.78, 5) is 49.2. The van der Waals surface area contributed by atoms with Crippen molar-refractivity contribution >= 4 is 23.9 Å². The van der Waals surface area contributed by atoms with Gasteiger partial charge in [0.2, 0.25) is 0 Å². The zero-order valence-electron chi connectivity index (χ0n) is 24.4. The molecule has 1 aromatic carbocycles. The number of esters is 3. The molecule has 1 fully saturated rings. The summed E-state index contributed by atoms with van der Waals surface area (Å²) in [7, 11) is 0. The predicted molar refractivity (Wildman–Crippen MR) is 151 cm³/mol. The number of carbonyl (C=O) groups excluding carboxylic acids is 3. The molecule has 0 heterocycles. The van der Waals surface area contributed by atoms with E-state index in [9.17, 15) is 24.3 Å². The van der Waals surface area contributed by atoms with Gasteiger partial charge in [-0.15, -0.1) is 0 Å². The molecule has 2 rings (SSSR count). The number of hydrogen-bond donors (Lipinski definition) is 2. The minimum absolute atomic E-state index is 0.0752. The quantitative estimate of drug-likeness (QED) is 0.131. The van der Waals surface area contributed by atoms with E-state index >= 15 is 0 Å². The lowest BCUT2D eigenvalue weighted by atomic mass is 9.89. The average molecular weight is 562 g/mol. The Balaban J connectivity index is 2.05. The van der Waals surface area contributed by atoms with Crippen molar-refractivity contribution in [3.05, 3.63) is 23.8 Å². The fourth-order valence-corrected chi connectivity index (χ4v) is 4.69. The fourth-order valence-electron chi connectivity index (χ4n) is 4.69. The van der Waals surface area contributed by atoms with Crippen LogP contribution in [0.25, 0.3) is 0 Å². The van der Waals surface area contributed by atoms with Gasteiger partial charge in [0.1, 0.15) is 12.1 Å². The highest BCUT2D eigenvalue weighted by Gasteiger charge is 2.25. The van der Waals surface area contributed by atoms with Crippen LogP contribution in [0, 0.1) is 5.92 Å². The van der Waals surface area contributed by atoms with E-state index in [1.54, 1.807) is 19.1 Å². The summed E-state index contributed by atoms with van der Waals surface area (Å²) in [6.45, 7) is 6.01. The van der Waals surface area contributed by atoms with E-state index in [4.69, 9.17) is 14.2 Å². The number of carbonyl (C=O) groups is 4. The minimum atomic E-state index is -1.06. The lowest BCUT2D eigenvalue weighted by Gasteiger charge is -2.23. The molecule has 9 heteroatoms. The number of aliphatic carboxylic acids is 1. The van der Waals surface area contributed by atoms with Crippen LogP contribution in [0.2, 0.25) is 0 Å². The first-order valence-electron chi connectivity index (χ1n) is 14.9. The van der Waals surface area contributed by atoms with Crippen LogP contribution in [0.15, 0.2) is 18.2 Å². The maximum Gasteiger partial charge on any atom is 0.321 e. The third-order valence-electron chi connectivity index (χ3n) is 7.07. The highest BCUT2D eigenvalue weighted by atomic mass is 16.6. The van der Waals surface area contributed by atoms with Gasteiger partial charge < -0.3 is 24.6 Å². The van der Waals surface area contributed by atoms with Gasteiger partial charge in [-0.3, -0.25) is 19.2 Å². The Kier molecular flexibility index (Phi) is 15.3. The number of carboxylic acid groups (broad SMARTS) is 1. The summed E-state index contributed by atoms with van der Waals surface area (Å²) in [5, 5.41) is 12.8. The second-order valence-corrected chi connectivity index (χ2v) is 10.7. The number of benzene rings is 1. The van der Waals surface area contributed by atoms with E-state index in [0.717, 1.165) is 57.8 Å². The van der Waals surface area contributed by atoms with Crippen molar-refractivity contribution in [1.82, 2.24) is 5.32 Å². The van der Waals surface area contributed by atoms with Crippen LogP contribution in [-0.2, 0) is 30.3 Å². The Morgan fingerprint density at radius 2 is 1.50 bits per heavy atom. The first-order valence-corrected chi connectivity index (χ1v) is 14.9. The van der Waals surface area contributed by atoms with Crippen molar-refractivity contribution in [2.24, 2.45) is 5.92 Å². The summed E-state index contributed by atoms with van der Waals surface area (Å²) >= 11 is 0. The first-order chi connectivity index (χ1) is 19.2. The molecule has 0 spiro atoms. The third kappa shape index (κ3) is 12.5. The lowest BCUT2D eigenvalue weighted by Crippen LogP contribution is -2.43. The third-order valence-corrected chi connectivity index (χ3v) is 7.07. The normalized spacial score (nSPS) is 15.2. The molecule has 1 aliphatic rings. The van der Waals surface area contributed by atoms with Gasteiger partial charge in [0.15, 0.2) is 11.5 Å². The SMILES string of the molecule is CCCCCC(=O)Oc1ccc(C[C@H](NCC(C)OC(=O)C2CCCCC2)C(=O)O)cc1OC(=O)CCCCC. The second-order valence-electron chi connectivity index (χ2n) is 10.7. The number of rotatable bonds is 18. The smallest absolute Gasteiger partial charge is 0.321 e. The van der Waals surface area contributed by atoms with Crippen LogP contribution >= 0.6 is 0 Å². The van der Waals surface area contributed by atoms with E-state index in [-0.39, 0.29) is 49.2 Å². The topological polar surface area (TPSA) is 128 Å². The molecule has 0 aromatic heterocycles. The van der Waals surface area contributed by atoms with E-state index < -0.39 is 30.1 Å². The van der Waals surface area contributed by atoms with Crippen molar-refractivity contribution < 1.29 is 38.5 Å². The monoisotopic (exact) mass is 561 g/mol. The maximum atomic E-state index is 12.4. The Hall–Kier alpha value is -2.94. The Morgan fingerprint density at radius 1 is 0.900 bits per heavy atom. The molecule has 2 atom stereocenters. The van der Waals surface area contributed by atoms with E-state index in [1.165, 1.54) is 6.07 Å². The molecule has 1 aromatic rings. The molecule has 1 unspecified atom stereocenters. The van der Waals surface area contributed by atoms with Crippen LogP contribution in [0.5, 0.6) is 11.5 Å². The molecule has 2 N–H and O–H groups in total. The fraction of sp³-hybridized carbons (Fsp3) is 0.677. The lowest BCUT2D eigenvalue weighted by molar-refractivity contribution is -0.154. The number of nitrogens with one attached hydrogen (secondary N) is 1. The average Bonchev–Trinajstić information content (AvgIpc) is 2.93. The number of carboxylic acids is 1. The predicted octanol–water partition coefficient (Wildman–Crippen LogP) is 5.76. The van der Waals surface area contributed by atoms with Gasteiger partial charge in [-0.2, -0.15) is 0 Å². The summed E-state index contributed by atoms with van der Waals surface area (Å²) < 4.78 is 16.6. The molecule has 1 saturated carbocycles. The Morgan fingerprint density at radius 3 is 2.08 bits per heavy atom. The molecule has 0 amide bonds. The molecule has 0 saturated heterocycles. The van der Waals surface area contributed by atoms with Crippen molar-refractivity contribution in [3.63, 3.8) is 0 Å². The van der Waals surface area contributed by atoms with Gasteiger partial charge in [-0.1, -0.05) is 64.9 Å². The Labute approximate surface area is 238 Å². The van der Waals surface area contributed by atoms with Crippen LogP contribution in [0.4, 0.5) is 0 Å². The van der Waals surface area contributed by atoms with E-state index in [1.807, 2.05) is 13.8 Å². The van der Waals surface area contributed by atoms with Gasteiger partial charge in [-0.25, -0.2) is 0 Å². The van der Waals surface area contributed by atoms with Gasteiger partial charge in [0.25, 0.3) is 0 Å². The molecular formula is C31H47NO8. The summed E-state index contributed by atoms with van der Waals surface area (Å²) in [6.07, 6.45) is 10.1. The van der Waals surface area contributed by atoms with Crippen molar-refractivity contribution in [1.29, 1.82) is 0 Å². The summed E-state index contributed by atoms with van der Waals surface area (Å²) in [5.74, 6) is -1.96. The van der Waals surface area contributed by atoms with Gasteiger partial charge in [0.05, 0.1) is 5.92 Å². The van der Waals surface area contributed by atoms with E-state index in [2.05, 4.69) is 5.32 Å². The summed E-state index contributed by atoms with van der Waals surface area (Å²) in [6, 6.07) is 3.78. The van der Waals surface area contributed by atoms with E-state index in [0.29, 0.717) is 18.4 Å². The molecule has 0 bridgehead atoms. The second kappa shape index (κ2) is 18.4. The largest absolute Gasteiger partial charge is 0.480 e. The molecule has 40 heavy (non-hydrogen) atoms. The molecule has 0 radical (unpaired) electrons. The zero-order chi connectivity index (χ0) is 29.3. The van der Waals surface area contributed by atoms with Crippen LogP contribution in [0.1, 0.15) is 110 Å². The van der Waals surface area contributed by atoms with Crippen molar-refractivity contribution in [2.45, 2.75) is 123 Å². The minimum Gasteiger partial charge on any atom is -0.480 e. The van der Waals surface area contributed by atoms with Crippen molar-refractivity contribution in [3.8, 4) is 11.5 Å². The van der Waals surface area contributed by atoms with Crippen LogP contribution in [-0.4, -0.2) is 47.7 Å². The number of hydrogen-bond acceptors (Lipinski definition) is 8. The number of ether oxygens (including phenoxy) is 3. The maximum absolute atomic E-state index is 12.4. The molecule has 1 aliphatic carbocycles. The van der Waals surface area contributed by atoms with Crippen LogP contribution < -0.4 is 14.8 Å².